The average Bonchev–Trinajstić information content (AvgIpc) is 2.57. The molecule has 0 aromatic rings. The van der Waals surface area contributed by atoms with Crippen LogP contribution in [0.2, 0.25) is 0 Å². The van der Waals surface area contributed by atoms with Gasteiger partial charge in [-0.2, -0.15) is 5.26 Å². The van der Waals surface area contributed by atoms with Gasteiger partial charge in [-0.25, -0.2) is 0 Å². The van der Waals surface area contributed by atoms with Gasteiger partial charge in [0.05, 0.1) is 11.5 Å². The summed E-state index contributed by atoms with van der Waals surface area (Å²) in [7, 11) is 0. The van der Waals surface area contributed by atoms with E-state index in [0.717, 1.165) is 0 Å². The highest BCUT2D eigenvalue weighted by Gasteiger charge is 2.71. The van der Waals surface area contributed by atoms with E-state index in [0.29, 0.717) is 5.41 Å². The molecule has 0 amide bonds. The van der Waals surface area contributed by atoms with E-state index in [2.05, 4.69) is 13.0 Å². The van der Waals surface area contributed by atoms with Crippen LogP contribution in [0.25, 0.3) is 0 Å². The predicted octanol–water partition coefficient (Wildman–Crippen LogP) is 1.70. The van der Waals surface area contributed by atoms with Gasteiger partial charge in [-0.05, 0) is 31.6 Å². The molecular weight excluding hydrogens is 98.1 g/mol. The Morgan fingerprint density at radius 2 is 2.12 bits per heavy atom. The van der Waals surface area contributed by atoms with Crippen molar-refractivity contribution in [2.75, 3.05) is 0 Å². The Bertz CT molecular complexity index is 173. The molecule has 2 saturated carbocycles. The predicted molar refractivity (Wildman–Crippen MR) is 30.0 cm³/mol. The third kappa shape index (κ3) is 0.264. The summed E-state index contributed by atoms with van der Waals surface area (Å²) in [6, 6.07) is 2.37. The van der Waals surface area contributed by atoms with Crippen molar-refractivity contribution in [1.29, 1.82) is 5.26 Å². The van der Waals surface area contributed by atoms with Crippen LogP contribution in [-0.2, 0) is 0 Å². The van der Waals surface area contributed by atoms with E-state index in [1.165, 1.54) is 19.3 Å². The van der Waals surface area contributed by atoms with E-state index in [1.807, 2.05) is 0 Å². The second-order valence-corrected chi connectivity index (χ2v) is 3.40. The Labute approximate surface area is 49.3 Å². The molecule has 0 bridgehead atoms. The summed E-state index contributed by atoms with van der Waals surface area (Å²) in [6.45, 7) is 2.08. The van der Waals surface area contributed by atoms with Crippen LogP contribution in [0.15, 0.2) is 0 Å². The van der Waals surface area contributed by atoms with Crippen LogP contribution in [-0.4, -0.2) is 0 Å². The lowest BCUT2D eigenvalue weighted by Gasteiger charge is -1.90. The van der Waals surface area contributed by atoms with Gasteiger partial charge >= 0.3 is 0 Å². The van der Waals surface area contributed by atoms with Gasteiger partial charge in [0.2, 0.25) is 0 Å². The maximum atomic E-state index is 8.59. The molecule has 1 nitrogen and oxygen atoms in total. The minimum Gasteiger partial charge on any atom is -0.198 e. The molecule has 0 N–H and O–H groups in total. The molecule has 2 aliphatic rings. The molecule has 0 aromatic carbocycles. The first-order chi connectivity index (χ1) is 3.72. The van der Waals surface area contributed by atoms with Crippen LogP contribution >= 0.6 is 0 Å². The molecule has 0 aromatic heterocycles. The zero-order valence-corrected chi connectivity index (χ0v) is 5.07. The molecule has 2 fully saturated rings. The molecule has 1 spiro atoms. The highest BCUT2D eigenvalue weighted by molar-refractivity contribution is 5.28. The molecule has 2 rings (SSSR count). The molecule has 0 heterocycles. The van der Waals surface area contributed by atoms with Gasteiger partial charge in [0.1, 0.15) is 0 Å². The van der Waals surface area contributed by atoms with Crippen molar-refractivity contribution in [3.05, 3.63) is 0 Å². The summed E-state index contributed by atoms with van der Waals surface area (Å²) < 4.78 is 0. The maximum absolute atomic E-state index is 8.59. The highest BCUT2D eigenvalue weighted by Crippen LogP contribution is 2.78. The molecule has 1 heteroatoms. The fourth-order valence-electron chi connectivity index (χ4n) is 1.67. The third-order valence-corrected chi connectivity index (χ3v) is 2.84. The molecule has 2 aliphatic carbocycles. The molecule has 0 radical (unpaired) electrons. The summed E-state index contributed by atoms with van der Waals surface area (Å²) >= 11 is 0. The standard InChI is InChI=1S/C7H9N/c1-6(5-8)4-7(6)2-3-7/h2-4H2,1H3. The van der Waals surface area contributed by atoms with Crippen molar-refractivity contribution < 1.29 is 0 Å². The highest BCUT2D eigenvalue weighted by atomic mass is 14.7. The van der Waals surface area contributed by atoms with E-state index in [4.69, 9.17) is 5.26 Å². The fraction of sp³-hybridized carbons (Fsp3) is 0.857. The monoisotopic (exact) mass is 107 g/mol. The van der Waals surface area contributed by atoms with Crippen molar-refractivity contribution in [2.45, 2.75) is 26.2 Å². The Morgan fingerprint density at radius 3 is 2.25 bits per heavy atom. The Balaban J connectivity index is 2.25. The van der Waals surface area contributed by atoms with E-state index >= 15 is 0 Å². The first kappa shape index (κ1) is 4.38. The molecule has 8 heavy (non-hydrogen) atoms. The van der Waals surface area contributed by atoms with Crippen molar-refractivity contribution in [3.63, 3.8) is 0 Å². The van der Waals surface area contributed by atoms with Gasteiger partial charge in [-0.3, -0.25) is 0 Å². The first-order valence-corrected chi connectivity index (χ1v) is 3.14. The van der Waals surface area contributed by atoms with Crippen LogP contribution < -0.4 is 0 Å². The SMILES string of the molecule is CC1(C#N)CC12CC2. The molecule has 42 valence electrons. The molecule has 1 unspecified atom stereocenters. The van der Waals surface area contributed by atoms with Crippen molar-refractivity contribution >= 4 is 0 Å². The van der Waals surface area contributed by atoms with Crippen LogP contribution in [0, 0.1) is 22.2 Å². The lowest BCUT2D eigenvalue weighted by molar-refractivity contribution is 0.639. The van der Waals surface area contributed by atoms with Gasteiger partial charge in [0.15, 0.2) is 0 Å². The van der Waals surface area contributed by atoms with Crippen LogP contribution in [0.5, 0.6) is 0 Å². The lowest BCUT2D eigenvalue weighted by Crippen LogP contribution is -1.90. The Kier molecular flexibility index (Phi) is 0.446. The maximum Gasteiger partial charge on any atom is 0.0692 e. The van der Waals surface area contributed by atoms with Crippen molar-refractivity contribution in [3.8, 4) is 6.07 Å². The lowest BCUT2D eigenvalue weighted by atomic mass is 10.1. The molecule has 0 saturated heterocycles. The number of nitrogens with zero attached hydrogens (tertiary/aromatic N) is 1. The van der Waals surface area contributed by atoms with E-state index in [-0.39, 0.29) is 5.41 Å². The van der Waals surface area contributed by atoms with Gasteiger partial charge in [0, 0.05) is 0 Å². The Hall–Kier alpha value is -0.510. The molecular formula is C7H9N. The second-order valence-electron chi connectivity index (χ2n) is 3.40. The largest absolute Gasteiger partial charge is 0.198 e. The van der Waals surface area contributed by atoms with Crippen molar-refractivity contribution in [2.24, 2.45) is 10.8 Å². The van der Waals surface area contributed by atoms with Gasteiger partial charge in [-0.1, -0.05) is 0 Å². The van der Waals surface area contributed by atoms with Crippen LogP contribution in [0.3, 0.4) is 0 Å². The number of hydrogen-bond acceptors (Lipinski definition) is 1. The topological polar surface area (TPSA) is 23.8 Å². The van der Waals surface area contributed by atoms with E-state index < -0.39 is 0 Å². The second kappa shape index (κ2) is 0.815. The zero-order chi connectivity index (χ0) is 5.83. The summed E-state index contributed by atoms with van der Waals surface area (Å²) in [5.41, 5.74) is 0.648. The quantitative estimate of drug-likeness (QED) is 0.462. The number of rotatable bonds is 0. The van der Waals surface area contributed by atoms with Crippen LogP contribution in [0.4, 0.5) is 0 Å². The van der Waals surface area contributed by atoms with E-state index in [1.54, 1.807) is 0 Å². The van der Waals surface area contributed by atoms with Crippen LogP contribution in [0.1, 0.15) is 26.2 Å². The normalized spacial score (nSPS) is 46.0. The van der Waals surface area contributed by atoms with Gasteiger partial charge in [0.25, 0.3) is 0 Å². The fourth-order valence-corrected chi connectivity index (χ4v) is 1.67. The molecule has 0 aliphatic heterocycles. The smallest absolute Gasteiger partial charge is 0.0692 e. The summed E-state index contributed by atoms with van der Waals surface area (Å²) in [6.07, 6.45) is 3.81. The zero-order valence-electron chi connectivity index (χ0n) is 5.07. The Morgan fingerprint density at radius 1 is 1.50 bits per heavy atom. The average molecular weight is 107 g/mol. The minimum absolute atomic E-state index is 0.104. The number of hydrogen-bond donors (Lipinski definition) is 0. The van der Waals surface area contributed by atoms with Gasteiger partial charge < -0.3 is 0 Å². The van der Waals surface area contributed by atoms with Crippen molar-refractivity contribution in [1.82, 2.24) is 0 Å². The minimum atomic E-state index is 0.104. The summed E-state index contributed by atoms with van der Waals surface area (Å²) in [5.74, 6) is 0. The van der Waals surface area contributed by atoms with Gasteiger partial charge in [-0.15, -0.1) is 0 Å². The first-order valence-electron chi connectivity index (χ1n) is 3.14. The number of nitriles is 1. The van der Waals surface area contributed by atoms with E-state index in [9.17, 15) is 0 Å². The molecule has 1 atom stereocenters. The summed E-state index contributed by atoms with van der Waals surface area (Å²) in [4.78, 5) is 0. The third-order valence-electron chi connectivity index (χ3n) is 2.84. The summed E-state index contributed by atoms with van der Waals surface area (Å²) in [5, 5.41) is 8.59.